The average molecular weight is 583 g/mol. The third-order valence-electron chi connectivity index (χ3n) is 4.05. The van der Waals surface area contributed by atoms with E-state index in [1.165, 1.54) is 12.7 Å². The van der Waals surface area contributed by atoms with Crippen LogP contribution in [0.15, 0.2) is 12.7 Å². The third kappa shape index (κ3) is 7.41. The lowest BCUT2D eigenvalue weighted by molar-refractivity contribution is -0.0373. The standard InChI is InChI=1S/C12H20N5O10P3S3/c13-11-10-12(15-5-14-11)17(6-16-10)9-3-7(18)8(25-9)4-24-30(32,33-2-1-31)27-29(22,23)26-28(19,20)21/h5-9,18,31H,1-4H2,(H,22,23)(H2,13,14,15)(H2,19,20,21)/t7-,8+,9+,30?/m0/s1. The third-order valence-corrected chi connectivity index (χ3v) is 13.3. The van der Waals surface area contributed by atoms with Crippen LogP contribution >= 0.6 is 45.3 Å². The van der Waals surface area contributed by atoms with E-state index in [0.717, 1.165) is 11.4 Å². The molecule has 1 aliphatic heterocycles. The number of nitrogens with zero attached hydrogens (tertiary/aromatic N) is 4. The van der Waals surface area contributed by atoms with Crippen molar-refractivity contribution in [1.29, 1.82) is 0 Å². The molecule has 33 heavy (non-hydrogen) atoms. The van der Waals surface area contributed by atoms with Crippen molar-refractivity contribution in [1.82, 2.24) is 19.5 Å². The number of aromatic nitrogens is 4. The molecule has 1 saturated heterocycles. The first-order valence-electron chi connectivity index (χ1n) is 8.90. The van der Waals surface area contributed by atoms with E-state index in [1.54, 1.807) is 4.57 Å². The fraction of sp³-hybridized carbons (Fsp3) is 0.583. The van der Waals surface area contributed by atoms with Crippen LogP contribution in [0.25, 0.3) is 11.2 Å². The Morgan fingerprint density at radius 2 is 2.03 bits per heavy atom. The van der Waals surface area contributed by atoms with E-state index in [4.69, 9.17) is 40.9 Å². The van der Waals surface area contributed by atoms with Gasteiger partial charge in [-0.25, -0.2) is 28.4 Å². The normalized spacial score (nSPS) is 25.2. The fourth-order valence-electron chi connectivity index (χ4n) is 2.79. The number of hydrogen-bond donors (Lipinski definition) is 6. The zero-order valence-corrected chi connectivity index (χ0v) is 21.6. The van der Waals surface area contributed by atoms with Crippen LogP contribution in [0.1, 0.15) is 12.6 Å². The largest absolute Gasteiger partial charge is 0.487 e. The summed E-state index contributed by atoms with van der Waals surface area (Å²) in [5, 5.41) is 10.4. The summed E-state index contributed by atoms with van der Waals surface area (Å²) in [5.41, 5.74) is 2.87. The molecule has 186 valence electrons. The van der Waals surface area contributed by atoms with Crippen LogP contribution in [0.4, 0.5) is 5.82 Å². The number of nitrogens with two attached hydrogens (primary N) is 1. The van der Waals surface area contributed by atoms with Gasteiger partial charge in [0.05, 0.1) is 19.0 Å². The number of ether oxygens (including phenoxy) is 1. The van der Waals surface area contributed by atoms with E-state index < -0.39 is 39.8 Å². The Kier molecular flexibility index (Phi) is 9.01. The number of rotatable bonds is 11. The van der Waals surface area contributed by atoms with E-state index >= 15 is 0 Å². The highest BCUT2D eigenvalue weighted by Gasteiger charge is 2.41. The van der Waals surface area contributed by atoms with Gasteiger partial charge in [-0.3, -0.25) is 4.57 Å². The van der Waals surface area contributed by atoms with Crippen molar-refractivity contribution in [3.8, 4) is 0 Å². The molecule has 6 N–H and O–H groups in total. The molecule has 0 amide bonds. The molecule has 2 aromatic rings. The Labute approximate surface area is 201 Å². The van der Waals surface area contributed by atoms with Gasteiger partial charge < -0.3 is 34.8 Å². The van der Waals surface area contributed by atoms with Crippen LogP contribution in [0.5, 0.6) is 0 Å². The molecule has 1 fully saturated rings. The molecule has 0 spiro atoms. The number of hydrogen-bond acceptors (Lipinski definition) is 14. The molecule has 1 aliphatic rings. The number of anilines is 1. The number of nitrogen functional groups attached to an aromatic ring is 1. The zero-order chi connectivity index (χ0) is 24.4. The summed E-state index contributed by atoms with van der Waals surface area (Å²) in [6.45, 7) is -0.353. The number of thiol groups is 1. The Hall–Kier alpha value is -0.160. The van der Waals surface area contributed by atoms with Crippen LogP contribution < -0.4 is 5.73 Å². The zero-order valence-electron chi connectivity index (χ0n) is 16.4. The van der Waals surface area contributed by atoms with Crippen molar-refractivity contribution in [2.24, 2.45) is 0 Å². The van der Waals surface area contributed by atoms with E-state index in [9.17, 15) is 19.1 Å². The first-order chi connectivity index (χ1) is 15.3. The van der Waals surface area contributed by atoms with Crippen molar-refractivity contribution >= 4 is 74.1 Å². The molecular formula is C12H20N5O10P3S3. The molecule has 2 unspecified atom stereocenters. The van der Waals surface area contributed by atoms with Gasteiger partial charge in [0.2, 0.25) is 0 Å². The van der Waals surface area contributed by atoms with E-state index in [1.807, 2.05) is 0 Å². The second-order valence-electron chi connectivity index (χ2n) is 6.44. The molecule has 21 heteroatoms. The highest BCUT2D eigenvalue weighted by Crippen LogP contribution is 2.73. The summed E-state index contributed by atoms with van der Waals surface area (Å²) >= 11 is 10.1. The predicted octanol–water partition coefficient (Wildman–Crippen LogP) is 1.19. The van der Waals surface area contributed by atoms with Crippen molar-refractivity contribution in [2.75, 3.05) is 23.8 Å². The molecule has 2 aromatic heterocycles. The maximum Gasteiger partial charge on any atom is 0.487 e. The van der Waals surface area contributed by atoms with Crippen LogP contribution in [-0.4, -0.2) is 69.6 Å². The molecule has 3 heterocycles. The Morgan fingerprint density at radius 1 is 1.30 bits per heavy atom. The van der Waals surface area contributed by atoms with Gasteiger partial charge in [-0.15, -0.1) is 0 Å². The maximum atomic E-state index is 12.0. The summed E-state index contributed by atoms with van der Waals surface area (Å²) in [6, 6.07) is 0. The summed E-state index contributed by atoms with van der Waals surface area (Å²) in [4.78, 5) is 39.4. The van der Waals surface area contributed by atoms with Gasteiger partial charge in [0.25, 0.3) is 5.69 Å². The average Bonchev–Trinajstić information content (AvgIpc) is 3.27. The Bertz CT molecular complexity index is 1130. The van der Waals surface area contributed by atoms with E-state index in [-0.39, 0.29) is 24.6 Å². The molecule has 0 bridgehead atoms. The van der Waals surface area contributed by atoms with Gasteiger partial charge in [0.1, 0.15) is 24.2 Å². The first-order valence-corrected chi connectivity index (χ1v) is 16.8. The lowest BCUT2D eigenvalue weighted by Crippen LogP contribution is -2.26. The molecule has 0 aromatic carbocycles. The molecule has 0 aliphatic carbocycles. The van der Waals surface area contributed by atoms with Crippen molar-refractivity contribution in [3.63, 3.8) is 0 Å². The van der Waals surface area contributed by atoms with Gasteiger partial charge in [-0.1, -0.05) is 11.4 Å². The summed E-state index contributed by atoms with van der Waals surface area (Å²) < 4.78 is 44.4. The highest BCUT2D eigenvalue weighted by atomic mass is 32.9. The lowest BCUT2D eigenvalue weighted by Gasteiger charge is -2.25. The lowest BCUT2D eigenvalue weighted by atomic mass is 10.2. The Balaban J connectivity index is 1.70. The maximum absolute atomic E-state index is 12.0. The summed E-state index contributed by atoms with van der Waals surface area (Å²) in [6.07, 6.45) is 0.219. The number of phosphoric acid groups is 2. The second kappa shape index (κ2) is 10.8. The molecule has 15 nitrogen and oxygen atoms in total. The van der Waals surface area contributed by atoms with Gasteiger partial charge in [0, 0.05) is 12.2 Å². The van der Waals surface area contributed by atoms with Gasteiger partial charge >= 0.3 is 15.6 Å². The Morgan fingerprint density at radius 3 is 2.70 bits per heavy atom. The van der Waals surface area contributed by atoms with Crippen LogP contribution in [0.2, 0.25) is 0 Å². The quantitative estimate of drug-likeness (QED) is 0.161. The first kappa shape index (κ1) is 27.4. The molecule has 3 rings (SSSR count). The number of aliphatic hydroxyl groups is 1. The van der Waals surface area contributed by atoms with Crippen molar-refractivity contribution in [3.05, 3.63) is 12.7 Å². The summed E-state index contributed by atoms with van der Waals surface area (Å²) in [5.74, 6) is 0.714. The minimum Gasteiger partial charge on any atom is -0.390 e. The van der Waals surface area contributed by atoms with Gasteiger partial charge in [-0.05, 0) is 17.6 Å². The minimum atomic E-state index is -5.35. The molecule has 5 atom stereocenters. The summed E-state index contributed by atoms with van der Waals surface area (Å²) in [7, 11) is -10.6. The van der Waals surface area contributed by atoms with Crippen molar-refractivity contribution < 1.29 is 46.8 Å². The fourth-order valence-corrected chi connectivity index (χ4v) is 11.2. The monoisotopic (exact) mass is 583 g/mol. The second-order valence-corrected chi connectivity index (χ2v) is 16.3. The number of imidazole rings is 1. The van der Waals surface area contributed by atoms with Crippen LogP contribution in [0, 0.1) is 0 Å². The molecule has 0 saturated carbocycles. The molecule has 0 radical (unpaired) electrons. The van der Waals surface area contributed by atoms with Crippen LogP contribution in [-0.2, 0) is 38.8 Å². The predicted molar refractivity (Wildman–Crippen MR) is 125 cm³/mol. The smallest absolute Gasteiger partial charge is 0.390 e. The van der Waals surface area contributed by atoms with E-state index in [0.29, 0.717) is 16.9 Å². The van der Waals surface area contributed by atoms with Gasteiger partial charge in [0.15, 0.2) is 11.5 Å². The highest BCUT2D eigenvalue weighted by molar-refractivity contribution is 8.68. The van der Waals surface area contributed by atoms with E-state index in [2.05, 4.69) is 31.9 Å². The number of aliphatic hydroxyl groups excluding tert-OH is 1. The minimum absolute atomic E-state index is 0.136. The number of fused-ring (bicyclic) bond motifs is 1. The SMILES string of the molecule is Nc1ncnc2c1ncn2[C@H]1C[C@H](O)[C@@H](COP(=S)(OP(=O)(O)OP(=O)(O)O)SCCS)O1. The van der Waals surface area contributed by atoms with Crippen molar-refractivity contribution in [2.45, 2.75) is 24.9 Å². The molecular weight excluding hydrogens is 563 g/mol. The van der Waals surface area contributed by atoms with Gasteiger partial charge in [-0.2, -0.15) is 16.9 Å². The topological polar surface area (TPSA) is 222 Å². The van der Waals surface area contributed by atoms with Crippen LogP contribution in [0.3, 0.4) is 0 Å².